The van der Waals surface area contributed by atoms with Gasteiger partial charge in [0.25, 0.3) is 11.8 Å². The summed E-state index contributed by atoms with van der Waals surface area (Å²) in [5.74, 6) is -3.88. The molecule has 2 atom stereocenters. The summed E-state index contributed by atoms with van der Waals surface area (Å²) >= 11 is 8.13. The highest BCUT2D eigenvalue weighted by molar-refractivity contribution is 8.00. The second-order valence-corrected chi connectivity index (χ2v) is 8.00. The molecule has 5 N–H and O–H groups in total. The molecule has 3 heterocycles. The first kappa shape index (κ1) is 20.1. The number of amides is 2. The monoisotopic (exact) mass is 445 g/mol. The first-order valence-corrected chi connectivity index (χ1v) is 9.86. The van der Waals surface area contributed by atoms with Crippen LogP contribution in [0.15, 0.2) is 21.1 Å². The van der Waals surface area contributed by atoms with Gasteiger partial charge in [0.2, 0.25) is 0 Å². The Morgan fingerprint density at radius 1 is 1.43 bits per heavy atom. The molecule has 1 aromatic heterocycles. The van der Waals surface area contributed by atoms with Gasteiger partial charge in [0, 0.05) is 11.1 Å². The molecule has 2 aliphatic heterocycles. The molecule has 0 aliphatic carbocycles. The largest absolute Gasteiger partial charge is 0.480 e. The molecule has 0 saturated carbocycles. The van der Waals surface area contributed by atoms with Crippen molar-refractivity contribution in [3.05, 3.63) is 21.8 Å². The molecule has 11 nitrogen and oxygen atoms in total. The molecule has 2 aliphatic rings. The van der Waals surface area contributed by atoms with Crippen molar-refractivity contribution in [1.29, 1.82) is 0 Å². The highest BCUT2D eigenvalue weighted by Gasteiger charge is 2.54. The Labute approximate surface area is 170 Å². The van der Waals surface area contributed by atoms with E-state index in [1.807, 2.05) is 0 Å². The molecule has 1 fully saturated rings. The fourth-order valence-electron chi connectivity index (χ4n) is 2.60. The van der Waals surface area contributed by atoms with Gasteiger partial charge in [-0.3, -0.25) is 24.3 Å². The number of carbonyl (C=O) groups is 4. The number of hydrogen-bond acceptors (Lipinski definition) is 9. The number of rotatable bonds is 6. The Bertz CT molecular complexity index is 944. The Morgan fingerprint density at radius 2 is 2.14 bits per heavy atom. The van der Waals surface area contributed by atoms with Gasteiger partial charge in [0.1, 0.15) is 35.1 Å². The molecule has 28 heavy (non-hydrogen) atoms. The van der Waals surface area contributed by atoms with Gasteiger partial charge in [0.15, 0.2) is 5.13 Å². The van der Waals surface area contributed by atoms with Crippen LogP contribution in [-0.2, 0) is 19.2 Å². The van der Waals surface area contributed by atoms with Crippen molar-refractivity contribution in [2.45, 2.75) is 11.4 Å². The average molecular weight is 446 g/mol. The van der Waals surface area contributed by atoms with E-state index in [0.29, 0.717) is 0 Å². The number of aromatic nitrogens is 1. The van der Waals surface area contributed by atoms with Crippen LogP contribution in [0.1, 0.15) is 5.69 Å². The number of nitrogens with zero attached hydrogens (tertiary/aromatic N) is 3. The van der Waals surface area contributed by atoms with Gasteiger partial charge in [-0.25, -0.2) is 9.78 Å². The van der Waals surface area contributed by atoms with E-state index < -0.39 is 41.7 Å². The van der Waals surface area contributed by atoms with E-state index in [-0.39, 0.29) is 33.0 Å². The van der Waals surface area contributed by atoms with Crippen LogP contribution in [-0.4, -0.2) is 73.3 Å². The highest BCUT2D eigenvalue weighted by atomic mass is 35.5. The maximum absolute atomic E-state index is 12.6. The third-order valence-corrected chi connectivity index (χ3v) is 6.19. The topological polar surface area (TPSA) is 175 Å². The van der Waals surface area contributed by atoms with Gasteiger partial charge in [0.05, 0.1) is 5.03 Å². The molecular weight excluding hydrogens is 434 g/mol. The number of aliphatic imine (C=N–C) groups is 1. The van der Waals surface area contributed by atoms with Crippen LogP contribution >= 0.6 is 34.7 Å². The number of carbonyl (C=O) groups excluding carboxylic acids is 2. The van der Waals surface area contributed by atoms with Gasteiger partial charge in [-0.1, -0.05) is 11.6 Å². The third-order valence-electron chi connectivity index (χ3n) is 3.76. The predicted molar refractivity (Wildman–Crippen MR) is 101 cm³/mol. The van der Waals surface area contributed by atoms with Crippen molar-refractivity contribution in [3.8, 4) is 0 Å². The fourth-order valence-corrected chi connectivity index (χ4v) is 4.70. The molecule has 2 amide bonds. The number of nitrogens with two attached hydrogens (primary N) is 1. The van der Waals surface area contributed by atoms with Gasteiger partial charge >= 0.3 is 11.9 Å². The number of β-lactam (4-membered cyclic amide) rings is 1. The first-order chi connectivity index (χ1) is 13.2. The van der Waals surface area contributed by atoms with Gasteiger partial charge in [-0.2, -0.15) is 0 Å². The van der Waals surface area contributed by atoms with Crippen LogP contribution in [0.3, 0.4) is 0 Å². The van der Waals surface area contributed by atoms with E-state index in [4.69, 9.17) is 22.4 Å². The Hall–Kier alpha value is -2.64. The predicted octanol–water partition coefficient (Wildman–Crippen LogP) is -0.466. The van der Waals surface area contributed by atoms with Crippen molar-refractivity contribution in [2.75, 3.05) is 18.0 Å². The zero-order chi connectivity index (χ0) is 20.6. The van der Waals surface area contributed by atoms with E-state index in [2.05, 4.69) is 15.3 Å². The zero-order valence-electron chi connectivity index (χ0n) is 13.8. The van der Waals surface area contributed by atoms with Crippen LogP contribution in [0.25, 0.3) is 0 Å². The maximum atomic E-state index is 12.6. The highest BCUT2D eigenvalue weighted by Crippen LogP contribution is 2.41. The first-order valence-electron chi connectivity index (χ1n) is 7.55. The summed E-state index contributed by atoms with van der Waals surface area (Å²) in [7, 11) is 0. The lowest BCUT2D eigenvalue weighted by Crippen LogP contribution is -2.71. The lowest BCUT2D eigenvalue weighted by atomic mass is 10.0. The van der Waals surface area contributed by atoms with Gasteiger partial charge in [-0.05, 0) is 0 Å². The second-order valence-electron chi connectivity index (χ2n) is 5.55. The lowest BCUT2D eigenvalue weighted by Gasteiger charge is -2.48. The molecule has 1 aromatic rings. The molecule has 0 spiro atoms. The molecule has 1 saturated heterocycles. The van der Waals surface area contributed by atoms with E-state index in [9.17, 15) is 24.3 Å². The Morgan fingerprint density at radius 3 is 2.71 bits per heavy atom. The smallest absolute Gasteiger partial charge is 0.353 e. The molecule has 0 bridgehead atoms. The van der Waals surface area contributed by atoms with Crippen molar-refractivity contribution in [1.82, 2.24) is 15.2 Å². The summed E-state index contributed by atoms with van der Waals surface area (Å²) in [5.41, 5.74) is 5.03. The summed E-state index contributed by atoms with van der Waals surface area (Å²) in [4.78, 5) is 55.8. The maximum Gasteiger partial charge on any atom is 0.353 e. The van der Waals surface area contributed by atoms with Crippen LogP contribution in [0.2, 0.25) is 0 Å². The number of hydrogen-bond donors (Lipinski definition) is 4. The van der Waals surface area contributed by atoms with E-state index >= 15 is 0 Å². The minimum atomic E-state index is -1.34. The molecule has 1 unspecified atom stereocenters. The van der Waals surface area contributed by atoms with E-state index in [1.54, 1.807) is 0 Å². The summed E-state index contributed by atoms with van der Waals surface area (Å²) in [5, 5.41) is 21.5. The van der Waals surface area contributed by atoms with E-state index in [1.165, 1.54) is 17.1 Å². The van der Waals surface area contributed by atoms with Crippen LogP contribution in [0.5, 0.6) is 0 Å². The minimum absolute atomic E-state index is 0.0357. The van der Waals surface area contributed by atoms with Crippen LogP contribution in [0, 0.1) is 0 Å². The fraction of sp³-hybridized carbons (Fsp3) is 0.286. The number of thiazole rings is 1. The summed E-state index contributed by atoms with van der Waals surface area (Å²) in [6.07, 6.45) is 0. The number of nitrogens with one attached hydrogen (secondary N) is 1. The number of halogens is 1. The zero-order valence-corrected chi connectivity index (χ0v) is 16.2. The quantitative estimate of drug-likeness (QED) is 0.333. The van der Waals surface area contributed by atoms with Crippen molar-refractivity contribution < 1.29 is 29.4 Å². The van der Waals surface area contributed by atoms with Crippen LogP contribution < -0.4 is 11.1 Å². The Balaban J connectivity index is 1.80. The van der Waals surface area contributed by atoms with Crippen molar-refractivity contribution >= 4 is 69.3 Å². The molecule has 148 valence electrons. The van der Waals surface area contributed by atoms with Crippen molar-refractivity contribution in [3.63, 3.8) is 0 Å². The van der Waals surface area contributed by atoms with Gasteiger partial charge < -0.3 is 21.3 Å². The normalized spacial score (nSPS) is 21.8. The number of aliphatic carboxylic acids is 2. The molecule has 0 radical (unpaired) electrons. The summed E-state index contributed by atoms with van der Waals surface area (Å²) in [6.45, 7) is -0.676. The second kappa shape index (κ2) is 7.77. The number of thioether (sulfide) groups is 1. The molecular formula is C14H12ClN5O6S2. The third kappa shape index (κ3) is 3.68. The molecule has 0 aromatic carbocycles. The number of fused-ring (bicyclic) bond motifs is 1. The van der Waals surface area contributed by atoms with E-state index in [0.717, 1.165) is 16.2 Å². The molecule has 3 rings (SSSR count). The number of carboxylic acids is 2. The standard InChI is InChI=1S/C14H12ClN5O6S2/c15-4-2-27-12-8(11(24)20(12)9(4)13(25)26)19-10(23)7(17-1-6(21)22)5-3-28-14(16)18-5/h3,8,12H,1-2H2,(H2,16,18)(H,19,23)(H,21,22)(H,25,26)/b17-7-/t8?,12-/m1/s1. The van der Waals surface area contributed by atoms with Crippen molar-refractivity contribution in [2.24, 2.45) is 4.99 Å². The SMILES string of the molecule is Nc1nc(/C(=N/CC(=O)O)C(=O)NC2C(=O)N3C(C(=O)O)=C(Cl)CS[C@H]23)cs1. The minimum Gasteiger partial charge on any atom is -0.480 e. The molecule has 14 heteroatoms. The number of nitrogen functional groups attached to an aromatic ring is 1. The van der Waals surface area contributed by atoms with Crippen LogP contribution in [0.4, 0.5) is 5.13 Å². The summed E-state index contributed by atoms with van der Waals surface area (Å²) in [6, 6.07) is -1.01. The lowest BCUT2D eigenvalue weighted by molar-refractivity contribution is -0.150. The number of anilines is 1. The summed E-state index contributed by atoms with van der Waals surface area (Å²) < 4.78 is 0. The average Bonchev–Trinajstić information content (AvgIpc) is 3.05. The van der Waals surface area contributed by atoms with Gasteiger partial charge in [-0.15, -0.1) is 23.1 Å². The Kier molecular flexibility index (Phi) is 5.58. The number of carboxylic acid groups (broad SMARTS) is 2.